The van der Waals surface area contributed by atoms with Crippen molar-refractivity contribution in [3.63, 3.8) is 0 Å². The molecule has 1 fully saturated rings. The second kappa shape index (κ2) is 7.17. The Morgan fingerprint density at radius 3 is 1.43 bits per heavy atom. The largest absolute Gasteiger partial charge is 0.265 e. The maximum absolute atomic E-state index is 11.9. The molecule has 0 N–H and O–H groups in total. The zero-order chi connectivity index (χ0) is 19.8. The zero-order valence-electron chi connectivity index (χ0n) is 15.9. The van der Waals surface area contributed by atoms with Crippen molar-refractivity contribution >= 4 is 10.1 Å². The highest BCUT2D eigenvalue weighted by Crippen LogP contribution is 2.51. The molecule has 0 radical (unpaired) electrons. The molecule has 144 valence electrons. The van der Waals surface area contributed by atoms with Crippen molar-refractivity contribution in [2.45, 2.75) is 24.7 Å². The topological polar surface area (TPSA) is 46.4 Å². The number of hydrogen-bond acceptors (Lipinski definition) is 4. The highest BCUT2D eigenvalue weighted by atomic mass is 32.2. The molecule has 3 aromatic carbocycles. The van der Waals surface area contributed by atoms with E-state index < -0.39 is 21.9 Å². The minimum absolute atomic E-state index is 0.0599. The third-order valence-electron chi connectivity index (χ3n) is 5.27. The van der Waals surface area contributed by atoms with Gasteiger partial charge in [0.05, 0.1) is 17.8 Å². The third kappa shape index (κ3) is 3.26. The fraction of sp³-hybridized carbons (Fsp3) is 0.217. The lowest BCUT2D eigenvalue weighted by molar-refractivity contribution is 0.189. The van der Waals surface area contributed by atoms with Crippen LogP contribution in [0.3, 0.4) is 0 Å². The first kappa shape index (κ1) is 18.9. The molecule has 1 saturated heterocycles. The molecule has 0 bridgehead atoms. The van der Waals surface area contributed by atoms with Crippen LogP contribution < -0.4 is 0 Å². The summed E-state index contributed by atoms with van der Waals surface area (Å²) in [6.45, 7) is 2.00. The second-order valence-electron chi connectivity index (χ2n) is 7.15. The van der Waals surface area contributed by atoms with Crippen LogP contribution in [0.15, 0.2) is 91.0 Å². The predicted molar refractivity (Wildman–Crippen MR) is 110 cm³/mol. The van der Waals surface area contributed by atoms with Gasteiger partial charge in [-0.25, -0.2) is 4.18 Å². The van der Waals surface area contributed by atoms with E-state index in [-0.39, 0.29) is 6.04 Å². The van der Waals surface area contributed by atoms with E-state index in [2.05, 4.69) is 41.3 Å². The van der Waals surface area contributed by atoms with E-state index in [9.17, 15) is 8.42 Å². The maximum atomic E-state index is 11.9. The van der Waals surface area contributed by atoms with Gasteiger partial charge in [-0.05, 0) is 23.6 Å². The quantitative estimate of drug-likeness (QED) is 0.361. The van der Waals surface area contributed by atoms with E-state index in [0.29, 0.717) is 0 Å². The van der Waals surface area contributed by atoms with Crippen molar-refractivity contribution in [2.75, 3.05) is 6.26 Å². The summed E-state index contributed by atoms with van der Waals surface area (Å²) in [5.74, 6) is 0. The van der Waals surface area contributed by atoms with E-state index in [0.717, 1.165) is 22.9 Å². The van der Waals surface area contributed by atoms with Crippen molar-refractivity contribution in [1.29, 1.82) is 0 Å². The highest BCUT2D eigenvalue weighted by Gasteiger charge is 2.60. The minimum Gasteiger partial charge on any atom is -0.251 e. The number of nitrogens with zero attached hydrogens (tertiary/aromatic N) is 1. The van der Waals surface area contributed by atoms with Crippen molar-refractivity contribution < 1.29 is 12.6 Å². The Morgan fingerprint density at radius 2 is 1.11 bits per heavy atom. The molecule has 0 aromatic heterocycles. The molecule has 1 aliphatic rings. The van der Waals surface area contributed by atoms with Crippen LogP contribution >= 0.6 is 0 Å². The van der Waals surface area contributed by atoms with Crippen molar-refractivity contribution in [3.8, 4) is 0 Å². The molecule has 0 amide bonds. The Labute approximate surface area is 166 Å². The van der Waals surface area contributed by atoms with Crippen LogP contribution in [-0.4, -0.2) is 31.8 Å². The lowest BCUT2D eigenvalue weighted by Gasteiger charge is -2.38. The Morgan fingerprint density at radius 1 is 0.750 bits per heavy atom. The summed E-state index contributed by atoms with van der Waals surface area (Å²) in [4.78, 5) is 2.13. The SMILES string of the molecule is CC1C(OS(C)(=O)=O)N1C(c1ccccc1)(c1ccccc1)c1ccccc1. The summed E-state index contributed by atoms with van der Waals surface area (Å²) >= 11 is 0. The van der Waals surface area contributed by atoms with Crippen LogP contribution in [0.1, 0.15) is 23.6 Å². The monoisotopic (exact) mass is 393 g/mol. The Bertz CT molecular complexity index is 940. The summed E-state index contributed by atoms with van der Waals surface area (Å²) in [6, 6.07) is 30.5. The van der Waals surface area contributed by atoms with Crippen LogP contribution in [0, 0.1) is 0 Å². The van der Waals surface area contributed by atoms with Gasteiger partial charge in [-0.3, -0.25) is 4.90 Å². The molecule has 0 aliphatic carbocycles. The summed E-state index contributed by atoms with van der Waals surface area (Å²) < 4.78 is 29.2. The first-order valence-electron chi connectivity index (χ1n) is 9.28. The van der Waals surface area contributed by atoms with Crippen LogP contribution in [0.4, 0.5) is 0 Å². The van der Waals surface area contributed by atoms with Gasteiger partial charge in [0.1, 0.15) is 6.23 Å². The van der Waals surface area contributed by atoms with Gasteiger partial charge in [0, 0.05) is 0 Å². The smallest absolute Gasteiger partial charge is 0.251 e. The van der Waals surface area contributed by atoms with Crippen molar-refractivity contribution in [3.05, 3.63) is 108 Å². The van der Waals surface area contributed by atoms with Gasteiger partial charge in [-0.1, -0.05) is 91.0 Å². The van der Waals surface area contributed by atoms with Gasteiger partial charge in [0.2, 0.25) is 0 Å². The highest BCUT2D eigenvalue weighted by molar-refractivity contribution is 7.86. The van der Waals surface area contributed by atoms with Gasteiger partial charge in [-0.15, -0.1) is 0 Å². The molecule has 3 aromatic rings. The number of rotatable bonds is 6. The maximum Gasteiger partial charge on any atom is 0.265 e. The molecule has 0 spiro atoms. The van der Waals surface area contributed by atoms with Gasteiger partial charge in [-0.2, -0.15) is 8.42 Å². The lowest BCUT2D eigenvalue weighted by Crippen LogP contribution is -2.40. The Kier molecular flexibility index (Phi) is 4.83. The standard InChI is InChI=1S/C23H23NO3S/c1-18-22(27-28(2,25)26)24(18)23(19-12-6-3-7-13-19,20-14-8-4-9-15-20)21-16-10-5-11-17-21/h3-18,22H,1-2H3. The molecule has 4 rings (SSSR count). The van der Waals surface area contributed by atoms with E-state index in [4.69, 9.17) is 4.18 Å². The van der Waals surface area contributed by atoms with Crippen molar-refractivity contribution in [1.82, 2.24) is 4.90 Å². The van der Waals surface area contributed by atoms with Gasteiger partial charge in [0.25, 0.3) is 10.1 Å². The molecule has 28 heavy (non-hydrogen) atoms. The lowest BCUT2D eigenvalue weighted by atomic mass is 9.76. The Balaban J connectivity index is 1.98. The number of benzene rings is 3. The van der Waals surface area contributed by atoms with Crippen LogP contribution in [-0.2, 0) is 19.8 Å². The van der Waals surface area contributed by atoms with Gasteiger partial charge < -0.3 is 0 Å². The predicted octanol–water partition coefficient (Wildman–Crippen LogP) is 3.98. The molecule has 1 aliphatic heterocycles. The van der Waals surface area contributed by atoms with Gasteiger partial charge >= 0.3 is 0 Å². The van der Waals surface area contributed by atoms with Crippen LogP contribution in [0.25, 0.3) is 0 Å². The summed E-state index contributed by atoms with van der Waals surface area (Å²) in [5.41, 5.74) is 2.55. The average molecular weight is 394 g/mol. The first-order valence-corrected chi connectivity index (χ1v) is 11.1. The molecule has 4 nitrogen and oxygen atoms in total. The van der Waals surface area contributed by atoms with E-state index >= 15 is 0 Å². The third-order valence-corrected chi connectivity index (χ3v) is 5.82. The molecule has 3 atom stereocenters. The fourth-order valence-corrected chi connectivity index (χ4v) is 4.72. The second-order valence-corrected chi connectivity index (χ2v) is 8.75. The normalized spacial score (nSPS) is 22.0. The van der Waals surface area contributed by atoms with Gasteiger partial charge in [0.15, 0.2) is 0 Å². The fourth-order valence-electron chi connectivity index (χ4n) is 4.11. The summed E-state index contributed by atoms with van der Waals surface area (Å²) in [5, 5.41) is 0. The summed E-state index contributed by atoms with van der Waals surface area (Å²) in [6.07, 6.45) is 0.585. The molecule has 0 saturated carbocycles. The zero-order valence-corrected chi connectivity index (χ0v) is 16.7. The molecule has 5 heteroatoms. The van der Waals surface area contributed by atoms with E-state index in [1.54, 1.807) is 0 Å². The first-order chi connectivity index (χ1) is 13.4. The molecule has 3 unspecified atom stereocenters. The van der Waals surface area contributed by atoms with E-state index in [1.165, 1.54) is 0 Å². The van der Waals surface area contributed by atoms with Crippen molar-refractivity contribution in [2.24, 2.45) is 0 Å². The molecule has 1 heterocycles. The average Bonchev–Trinajstić information content (AvgIpc) is 3.32. The van der Waals surface area contributed by atoms with Crippen LogP contribution in [0.5, 0.6) is 0 Å². The molecular weight excluding hydrogens is 370 g/mol. The number of hydrogen-bond donors (Lipinski definition) is 0. The summed E-state index contributed by atoms with van der Waals surface area (Å²) in [7, 11) is -3.58. The molecular formula is C23H23NO3S. The van der Waals surface area contributed by atoms with Crippen LogP contribution in [0.2, 0.25) is 0 Å². The minimum atomic E-state index is -3.58. The Hall–Kier alpha value is -2.47. The van der Waals surface area contributed by atoms with E-state index in [1.807, 2.05) is 61.5 Å².